The van der Waals surface area contributed by atoms with Gasteiger partial charge in [0.2, 0.25) is 0 Å². The highest BCUT2D eigenvalue weighted by Gasteiger charge is 2.39. The molecule has 0 amide bonds. The first-order valence-electron chi connectivity index (χ1n) is 7.50. The molecule has 4 heteroatoms. The van der Waals surface area contributed by atoms with Crippen molar-refractivity contribution in [1.29, 1.82) is 0 Å². The molecule has 0 aliphatic carbocycles. The van der Waals surface area contributed by atoms with Gasteiger partial charge in [0.1, 0.15) is 5.82 Å². The normalized spacial score (nSPS) is 20.9. The smallest absolute Gasteiger partial charge is 0.126 e. The molecule has 0 saturated carbocycles. The fourth-order valence-electron chi connectivity index (χ4n) is 3.32. The molecule has 1 aliphatic heterocycles. The Hall–Kier alpha value is -0.970. The first kappa shape index (κ1) is 15.4. The van der Waals surface area contributed by atoms with Crippen LogP contribution in [0.25, 0.3) is 0 Å². The summed E-state index contributed by atoms with van der Waals surface area (Å²) in [5.74, 6) is 5.69. The van der Waals surface area contributed by atoms with Crippen molar-refractivity contribution in [3.63, 3.8) is 0 Å². The van der Waals surface area contributed by atoms with Crippen LogP contribution in [0.15, 0.2) is 18.2 Å². The zero-order valence-corrected chi connectivity index (χ0v) is 12.7. The van der Waals surface area contributed by atoms with Crippen LogP contribution in [0.4, 0.5) is 4.39 Å². The van der Waals surface area contributed by atoms with Gasteiger partial charge in [-0.05, 0) is 63.4 Å². The van der Waals surface area contributed by atoms with Crippen molar-refractivity contribution >= 4 is 0 Å². The number of nitrogens with one attached hydrogen (secondary N) is 1. The third-order valence-corrected chi connectivity index (χ3v) is 4.85. The Labute approximate surface area is 121 Å². The Bertz CT molecular complexity index is 457. The Morgan fingerprint density at radius 2 is 2.05 bits per heavy atom. The summed E-state index contributed by atoms with van der Waals surface area (Å²) in [5.41, 5.74) is 4.65. The molecule has 0 bridgehead atoms. The topological polar surface area (TPSA) is 41.3 Å². The van der Waals surface area contributed by atoms with E-state index < -0.39 is 0 Å². The van der Waals surface area contributed by atoms with Crippen molar-refractivity contribution in [3.8, 4) is 0 Å². The third-order valence-electron chi connectivity index (χ3n) is 4.85. The van der Waals surface area contributed by atoms with Crippen LogP contribution < -0.4 is 11.3 Å². The second-order valence-electron chi connectivity index (χ2n) is 6.01. The van der Waals surface area contributed by atoms with Gasteiger partial charge in [-0.15, -0.1) is 0 Å². The fraction of sp³-hybridized carbons (Fsp3) is 0.625. The lowest BCUT2D eigenvalue weighted by molar-refractivity contribution is 0.0839. The number of aryl methyl sites for hydroxylation is 1. The minimum atomic E-state index is -0.163. The van der Waals surface area contributed by atoms with Gasteiger partial charge in [-0.1, -0.05) is 19.1 Å². The molecule has 1 heterocycles. The molecule has 1 aromatic rings. The molecule has 0 radical (unpaired) electrons. The van der Waals surface area contributed by atoms with Gasteiger partial charge in [0, 0.05) is 5.54 Å². The SMILES string of the molecule is CCC(C)(C(NN)c1ccc(F)c(C)c1)N1CCCC1. The fourth-order valence-corrected chi connectivity index (χ4v) is 3.32. The number of hydrazine groups is 1. The van der Waals surface area contributed by atoms with Gasteiger partial charge in [-0.25, -0.2) is 4.39 Å². The van der Waals surface area contributed by atoms with Crippen molar-refractivity contribution < 1.29 is 4.39 Å². The number of likely N-dealkylation sites (tertiary alicyclic amines) is 1. The molecule has 2 unspecified atom stereocenters. The van der Waals surface area contributed by atoms with Crippen molar-refractivity contribution in [3.05, 3.63) is 35.1 Å². The third kappa shape index (κ3) is 2.73. The number of benzene rings is 1. The molecule has 112 valence electrons. The van der Waals surface area contributed by atoms with E-state index >= 15 is 0 Å². The van der Waals surface area contributed by atoms with E-state index in [4.69, 9.17) is 5.84 Å². The van der Waals surface area contributed by atoms with E-state index in [-0.39, 0.29) is 17.4 Å². The van der Waals surface area contributed by atoms with Crippen LogP contribution >= 0.6 is 0 Å². The lowest BCUT2D eigenvalue weighted by Gasteiger charge is -2.44. The molecule has 1 saturated heterocycles. The zero-order chi connectivity index (χ0) is 14.8. The van der Waals surface area contributed by atoms with Crippen LogP contribution in [0.1, 0.15) is 50.3 Å². The van der Waals surface area contributed by atoms with Gasteiger partial charge in [0.05, 0.1) is 6.04 Å². The predicted octanol–water partition coefficient (Wildman–Crippen LogP) is 2.90. The van der Waals surface area contributed by atoms with Crippen molar-refractivity contribution in [2.75, 3.05) is 13.1 Å². The molecule has 1 aromatic carbocycles. The Kier molecular flexibility index (Phi) is 4.78. The highest BCUT2D eigenvalue weighted by Crippen LogP contribution is 2.36. The maximum Gasteiger partial charge on any atom is 0.126 e. The maximum atomic E-state index is 13.5. The highest BCUT2D eigenvalue weighted by molar-refractivity contribution is 5.29. The Morgan fingerprint density at radius 3 is 2.55 bits per heavy atom. The van der Waals surface area contributed by atoms with Gasteiger partial charge in [0.15, 0.2) is 0 Å². The van der Waals surface area contributed by atoms with Crippen LogP contribution in [0.3, 0.4) is 0 Å². The average Bonchev–Trinajstić information content (AvgIpc) is 2.98. The number of nitrogens with zero attached hydrogens (tertiary/aromatic N) is 1. The van der Waals surface area contributed by atoms with E-state index in [0.29, 0.717) is 5.56 Å². The lowest BCUT2D eigenvalue weighted by atomic mass is 9.83. The van der Waals surface area contributed by atoms with Crippen LogP contribution in [-0.2, 0) is 0 Å². The average molecular weight is 279 g/mol. The van der Waals surface area contributed by atoms with Crippen LogP contribution in [-0.4, -0.2) is 23.5 Å². The van der Waals surface area contributed by atoms with E-state index in [1.54, 1.807) is 6.92 Å². The summed E-state index contributed by atoms with van der Waals surface area (Å²) in [6.07, 6.45) is 3.49. The number of hydrogen-bond acceptors (Lipinski definition) is 3. The zero-order valence-electron chi connectivity index (χ0n) is 12.7. The van der Waals surface area contributed by atoms with E-state index in [1.807, 2.05) is 12.1 Å². The molecule has 20 heavy (non-hydrogen) atoms. The standard InChI is InChI=1S/C16H26FN3/c1-4-16(3,20-9-5-6-10-20)15(19-18)13-7-8-14(17)12(2)11-13/h7-8,11,15,19H,4-6,9-10,18H2,1-3H3. The van der Waals surface area contributed by atoms with Gasteiger partial charge in [0.25, 0.3) is 0 Å². The summed E-state index contributed by atoms with van der Waals surface area (Å²) < 4.78 is 13.5. The van der Waals surface area contributed by atoms with Gasteiger partial charge < -0.3 is 0 Å². The first-order valence-corrected chi connectivity index (χ1v) is 7.50. The number of rotatable bonds is 5. The Balaban J connectivity index is 2.35. The van der Waals surface area contributed by atoms with Crippen molar-refractivity contribution in [2.24, 2.45) is 5.84 Å². The molecular formula is C16H26FN3. The number of halogens is 1. The first-order chi connectivity index (χ1) is 9.52. The summed E-state index contributed by atoms with van der Waals surface area (Å²) in [7, 11) is 0. The minimum absolute atomic E-state index is 0.00454. The molecule has 1 aliphatic rings. The van der Waals surface area contributed by atoms with E-state index in [9.17, 15) is 4.39 Å². The summed E-state index contributed by atoms with van der Waals surface area (Å²) in [4.78, 5) is 2.51. The second-order valence-corrected chi connectivity index (χ2v) is 6.01. The molecule has 3 N–H and O–H groups in total. The van der Waals surface area contributed by atoms with Crippen LogP contribution in [0.5, 0.6) is 0 Å². The van der Waals surface area contributed by atoms with E-state index in [1.165, 1.54) is 18.9 Å². The summed E-state index contributed by atoms with van der Waals surface area (Å²) in [5, 5.41) is 0. The van der Waals surface area contributed by atoms with Crippen molar-refractivity contribution in [2.45, 2.75) is 51.6 Å². The quantitative estimate of drug-likeness (QED) is 0.643. The highest BCUT2D eigenvalue weighted by atomic mass is 19.1. The van der Waals surface area contributed by atoms with E-state index in [0.717, 1.165) is 25.1 Å². The lowest BCUT2D eigenvalue weighted by Crippen LogP contribution is -2.54. The minimum Gasteiger partial charge on any atom is -0.296 e. The molecule has 2 atom stereocenters. The van der Waals surface area contributed by atoms with Crippen LogP contribution in [0, 0.1) is 12.7 Å². The summed E-state index contributed by atoms with van der Waals surface area (Å²) in [6, 6.07) is 5.29. The van der Waals surface area contributed by atoms with E-state index in [2.05, 4.69) is 24.2 Å². The summed E-state index contributed by atoms with van der Waals surface area (Å²) in [6.45, 7) is 8.47. The second kappa shape index (κ2) is 6.20. The van der Waals surface area contributed by atoms with Crippen molar-refractivity contribution in [1.82, 2.24) is 10.3 Å². The monoisotopic (exact) mass is 279 g/mol. The maximum absolute atomic E-state index is 13.5. The molecule has 3 nitrogen and oxygen atoms in total. The molecule has 2 rings (SSSR count). The molecule has 0 spiro atoms. The molecule has 1 fully saturated rings. The molecule has 0 aromatic heterocycles. The van der Waals surface area contributed by atoms with Crippen LogP contribution in [0.2, 0.25) is 0 Å². The van der Waals surface area contributed by atoms with Gasteiger partial charge in [-0.3, -0.25) is 16.2 Å². The van der Waals surface area contributed by atoms with Gasteiger partial charge in [-0.2, -0.15) is 0 Å². The summed E-state index contributed by atoms with van der Waals surface area (Å²) >= 11 is 0. The largest absolute Gasteiger partial charge is 0.296 e. The predicted molar refractivity (Wildman–Crippen MR) is 80.7 cm³/mol. The number of hydrogen-bond donors (Lipinski definition) is 2. The molecular weight excluding hydrogens is 253 g/mol. The van der Waals surface area contributed by atoms with Gasteiger partial charge >= 0.3 is 0 Å². The number of nitrogens with two attached hydrogens (primary N) is 1. The Morgan fingerprint density at radius 1 is 1.40 bits per heavy atom.